The molecular formula is C8H12N2OS. The third-order valence-corrected chi connectivity index (χ3v) is 2.22. The first-order valence-electron chi connectivity index (χ1n) is 4.03. The quantitative estimate of drug-likeness (QED) is 0.723. The number of carbonyl (C=O) groups excluding carboxylic acids is 1. The third-order valence-electron chi connectivity index (χ3n) is 1.48. The lowest BCUT2D eigenvalue weighted by Crippen LogP contribution is -2.23. The fraction of sp³-hybridized carbons (Fsp3) is 0.500. The predicted molar refractivity (Wildman–Crippen MR) is 49.4 cm³/mol. The summed E-state index contributed by atoms with van der Waals surface area (Å²) in [6.45, 7) is 2.85. The second kappa shape index (κ2) is 4.87. The maximum absolute atomic E-state index is 11.2. The minimum Gasteiger partial charge on any atom is -0.351 e. The monoisotopic (exact) mass is 184 g/mol. The molecule has 1 N–H and O–H groups in total. The highest BCUT2D eigenvalue weighted by molar-refractivity contribution is 7.08. The van der Waals surface area contributed by atoms with E-state index in [1.54, 1.807) is 12.3 Å². The van der Waals surface area contributed by atoms with Crippen LogP contribution in [0.5, 0.6) is 0 Å². The van der Waals surface area contributed by atoms with Crippen molar-refractivity contribution in [2.45, 2.75) is 19.8 Å². The van der Waals surface area contributed by atoms with Gasteiger partial charge in [-0.25, -0.2) is 4.37 Å². The van der Waals surface area contributed by atoms with E-state index in [2.05, 4.69) is 16.6 Å². The maximum atomic E-state index is 11.2. The van der Waals surface area contributed by atoms with Gasteiger partial charge in [0.15, 0.2) is 0 Å². The number of carbonyl (C=O) groups is 1. The number of aromatic nitrogens is 1. The van der Waals surface area contributed by atoms with E-state index >= 15 is 0 Å². The van der Waals surface area contributed by atoms with Crippen LogP contribution >= 0.6 is 11.5 Å². The van der Waals surface area contributed by atoms with Crippen LogP contribution in [0.15, 0.2) is 12.3 Å². The normalized spacial score (nSPS) is 9.75. The summed E-state index contributed by atoms with van der Waals surface area (Å²) in [5, 5.41) is 2.82. The molecule has 0 atom stereocenters. The van der Waals surface area contributed by atoms with E-state index in [0.29, 0.717) is 4.88 Å². The Bertz CT molecular complexity index is 233. The molecule has 0 spiro atoms. The average Bonchev–Trinajstić information content (AvgIpc) is 2.56. The molecule has 3 nitrogen and oxygen atoms in total. The molecule has 0 bridgehead atoms. The molecule has 1 aromatic rings. The molecule has 0 unspecified atom stereocenters. The SMILES string of the molecule is CCCCNC(=O)c1ccns1. The van der Waals surface area contributed by atoms with E-state index in [4.69, 9.17) is 0 Å². The molecule has 0 radical (unpaired) electrons. The van der Waals surface area contributed by atoms with Crippen LogP contribution in [0.2, 0.25) is 0 Å². The summed E-state index contributed by atoms with van der Waals surface area (Å²) in [5.41, 5.74) is 0. The van der Waals surface area contributed by atoms with Gasteiger partial charge in [-0.05, 0) is 24.0 Å². The molecule has 0 aliphatic heterocycles. The molecule has 1 rings (SSSR count). The van der Waals surface area contributed by atoms with Crippen LogP contribution in [0.1, 0.15) is 29.4 Å². The number of nitrogens with one attached hydrogen (secondary N) is 1. The van der Waals surface area contributed by atoms with E-state index in [0.717, 1.165) is 19.4 Å². The zero-order valence-corrected chi connectivity index (χ0v) is 7.86. The summed E-state index contributed by atoms with van der Waals surface area (Å²) in [5.74, 6) is -0.00838. The third kappa shape index (κ3) is 2.62. The highest BCUT2D eigenvalue weighted by atomic mass is 32.1. The van der Waals surface area contributed by atoms with Crippen molar-refractivity contribution >= 4 is 17.4 Å². The van der Waals surface area contributed by atoms with Gasteiger partial charge < -0.3 is 5.32 Å². The lowest BCUT2D eigenvalue weighted by molar-refractivity contribution is 0.0957. The van der Waals surface area contributed by atoms with Gasteiger partial charge in [0.25, 0.3) is 5.91 Å². The molecular weight excluding hydrogens is 172 g/mol. The van der Waals surface area contributed by atoms with E-state index < -0.39 is 0 Å². The van der Waals surface area contributed by atoms with Crippen LogP contribution in [-0.4, -0.2) is 16.8 Å². The van der Waals surface area contributed by atoms with Crippen LogP contribution in [-0.2, 0) is 0 Å². The van der Waals surface area contributed by atoms with Crippen molar-refractivity contribution in [3.63, 3.8) is 0 Å². The van der Waals surface area contributed by atoms with Gasteiger partial charge in [-0.15, -0.1) is 0 Å². The topological polar surface area (TPSA) is 42.0 Å². The average molecular weight is 184 g/mol. The predicted octanol–water partition coefficient (Wildman–Crippen LogP) is 1.67. The fourth-order valence-electron chi connectivity index (χ4n) is 0.799. The molecule has 12 heavy (non-hydrogen) atoms. The van der Waals surface area contributed by atoms with Crippen LogP contribution in [0, 0.1) is 0 Å². The van der Waals surface area contributed by atoms with Gasteiger partial charge in [0.1, 0.15) is 4.88 Å². The van der Waals surface area contributed by atoms with Crippen LogP contribution in [0.3, 0.4) is 0 Å². The van der Waals surface area contributed by atoms with Gasteiger partial charge in [-0.3, -0.25) is 4.79 Å². The Balaban J connectivity index is 2.30. The molecule has 0 saturated heterocycles. The molecule has 0 fully saturated rings. The minimum atomic E-state index is -0.00838. The first-order valence-corrected chi connectivity index (χ1v) is 4.81. The van der Waals surface area contributed by atoms with Crippen molar-refractivity contribution in [2.75, 3.05) is 6.54 Å². The van der Waals surface area contributed by atoms with Crippen molar-refractivity contribution in [3.05, 3.63) is 17.1 Å². The number of amides is 1. The molecule has 0 aromatic carbocycles. The molecule has 0 saturated carbocycles. The Labute approximate surface area is 76.0 Å². The zero-order chi connectivity index (χ0) is 8.81. The van der Waals surface area contributed by atoms with Crippen LogP contribution < -0.4 is 5.32 Å². The molecule has 4 heteroatoms. The Morgan fingerprint density at radius 1 is 1.75 bits per heavy atom. The van der Waals surface area contributed by atoms with Crippen molar-refractivity contribution in [1.29, 1.82) is 0 Å². The molecule has 1 aromatic heterocycles. The Kier molecular flexibility index (Phi) is 3.73. The molecule has 0 aliphatic rings. The molecule has 1 heterocycles. The summed E-state index contributed by atoms with van der Waals surface area (Å²) in [6, 6.07) is 1.73. The molecule has 1 amide bonds. The van der Waals surface area contributed by atoms with Gasteiger partial charge in [0, 0.05) is 12.7 Å². The van der Waals surface area contributed by atoms with E-state index in [1.165, 1.54) is 11.5 Å². The lowest BCUT2D eigenvalue weighted by Gasteiger charge is -1.99. The van der Waals surface area contributed by atoms with Crippen molar-refractivity contribution < 1.29 is 4.79 Å². The maximum Gasteiger partial charge on any atom is 0.262 e. The highest BCUT2D eigenvalue weighted by Gasteiger charge is 2.04. The summed E-state index contributed by atoms with van der Waals surface area (Å²) < 4.78 is 3.85. The minimum absolute atomic E-state index is 0.00838. The fourth-order valence-corrected chi connectivity index (χ4v) is 1.31. The standard InChI is InChI=1S/C8H12N2OS/c1-2-3-5-9-8(11)7-4-6-10-12-7/h4,6H,2-3,5H2,1H3,(H,9,11). The second-order valence-corrected chi connectivity index (χ2v) is 3.32. The summed E-state index contributed by atoms with van der Waals surface area (Å²) in [6.07, 6.45) is 3.77. The Morgan fingerprint density at radius 2 is 2.58 bits per heavy atom. The number of nitrogens with zero attached hydrogens (tertiary/aromatic N) is 1. The van der Waals surface area contributed by atoms with Crippen LogP contribution in [0.4, 0.5) is 0 Å². The van der Waals surface area contributed by atoms with E-state index in [9.17, 15) is 4.79 Å². The van der Waals surface area contributed by atoms with Gasteiger partial charge in [-0.1, -0.05) is 13.3 Å². The smallest absolute Gasteiger partial charge is 0.262 e. The first kappa shape index (κ1) is 9.19. The Hall–Kier alpha value is -0.900. The van der Waals surface area contributed by atoms with Gasteiger partial charge in [-0.2, -0.15) is 0 Å². The summed E-state index contributed by atoms with van der Waals surface area (Å²) >= 11 is 1.23. The number of hydrogen-bond donors (Lipinski definition) is 1. The van der Waals surface area contributed by atoms with Crippen molar-refractivity contribution in [1.82, 2.24) is 9.69 Å². The van der Waals surface area contributed by atoms with Gasteiger partial charge >= 0.3 is 0 Å². The summed E-state index contributed by atoms with van der Waals surface area (Å²) in [7, 11) is 0. The Morgan fingerprint density at radius 3 is 3.17 bits per heavy atom. The highest BCUT2D eigenvalue weighted by Crippen LogP contribution is 2.03. The lowest BCUT2D eigenvalue weighted by atomic mass is 10.3. The van der Waals surface area contributed by atoms with Crippen molar-refractivity contribution in [2.24, 2.45) is 0 Å². The molecule has 0 aliphatic carbocycles. The largest absolute Gasteiger partial charge is 0.351 e. The van der Waals surface area contributed by atoms with Crippen molar-refractivity contribution in [3.8, 4) is 0 Å². The number of hydrogen-bond acceptors (Lipinski definition) is 3. The van der Waals surface area contributed by atoms with E-state index in [1.807, 2.05) is 0 Å². The summed E-state index contributed by atoms with van der Waals surface area (Å²) in [4.78, 5) is 11.9. The number of unbranched alkanes of at least 4 members (excludes halogenated alkanes) is 1. The van der Waals surface area contributed by atoms with E-state index in [-0.39, 0.29) is 5.91 Å². The van der Waals surface area contributed by atoms with Gasteiger partial charge in [0.05, 0.1) is 0 Å². The molecule has 66 valence electrons. The van der Waals surface area contributed by atoms with Gasteiger partial charge in [0.2, 0.25) is 0 Å². The number of rotatable bonds is 4. The second-order valence-electron chi connectivity index (χ2n) is 2.49. The zero-order valence-electron chi connectivity index (χ0n) is 7.04. The van der Waals surface area contributed by atoms with Crippen LogP contribution in [0.25, 0.3) is 0 Å². The first-order chi connectivity index (χ1) is 5.84.